The van der Waals surface area contributed by atoms with Crippen LogP contribution in [0.5, 0.6) is 0 Å². The average molecular weight is 372 g/mol. The van der Waals surface area contributed by atoms with Gasteiger partial charge < -0.3 is 5.32 Å². The maximum absolute atomic E-state index is 12.9. The molecule has 6 nitrogen and oxygen atoms in total. The third-order valence-electron chi connectivity index (χ3n) is 3.62. The van der Waals surface area contributed by atoms with E-state index in [1.807, 2.05) is 6.92 Å². The van der Waals surface area contributed by atoms with Crippen LogP contribution in [0.25, 0.3) is 0 Å². The number of hydrogen-bond acceptors (Lipinski definition) is 5. The van der Waals surface area contributed by atoms with Crippen molar-refractivity contribution in [3.05, 3.63) is 77.6 Å². The van der Waals surface area contributed by atoms with Gasteiger partial charge in [0, 0.05) is 6.54 Å². The van der Waals surface area contributed by atoms with Gasteiger partial charge in [0.25, 0.3) is 10.0 Å². The maximum atomic E-state index is 12.9. The summed E-state index contributed by atoms with van der Waals surface area (Å²) in [7, 11) is -3.71. The van der Waals surface area contributed by atoms with Crippen molar-refractivity contribution in [3.63, 3.8) is 0 Å². The molecule has 2 N–H and O–H groups in total. The lowest BCUT2D eigenvalue weighted by Crippen LogP contribution is -2.14. The summed E-state index contributed by atoms with van der Waals surface area (Å²) in [6.07, 6.45) is 0. The molecule has 2 aromatic carbocycles. The third kappa shape index (κ3) is 4.54. The first-order valence-corrected chi connectivity index (χ1v) is 9.32. The molecule has 0 atom stereocenters. The van der Waals surface area contributed by atoms with Crippen LogP contribution in [0, 0.1) is 12.7 Å². The van der Waals surface area contributed by atoms with Crippen LogP contribution < -0.4 is 10.0 Å². The van der Waals surface area contributed by atoms with E-state index < -0.39 is 10.0 Å². The van der Waals surface area contributed by atoms with E-state index in [1.165, 1.54) is 30.3 Å². The second kappa shape index (κ2) is 7.49. The van der Waals surface area contributed by atoms with E-state index in [9.17, 15) is 12.8 Å². The molecule has 8 heteroatoms. The zero-order valence-electron chi connectivity index (χ0n) is 14.0. The Bertz CT molecular complexity index is 973. The monoisotopic (exact) mass is 372 g/mol. The summed E-state index contributed by atoms with van der Waals surface area (Å²) in [6.45, 7) is 2.33. The minimum Gasteiger partial charge on any atom is -0.365 e. The van der Waals surface area contributed by atoms with Gasteiger partial charge in [0.1, 0.15) is 11.6 Å². The SMILES string of the molecule is Cc1ccc(S(=O)(=O)Nc2ccc(NCc3ccc(F)cc3)nn2)cc1. The topological polar surface area (TPSA) is 84.0 Å². The summed E-state index contributed by atoms with van der Waals surface area (Å²) in [5.41, 5.74) is 1.86. The fraction of sp³-hybridized carbons (Fsp3) is 0.111. The van der Waals surface area contributed by atoms with E-state index >= 15 is 0 Å². The van der Waals surface area contributed by atoms with Crippen LogP contribution in [-0.2, 0) is 16.6 Å². The zero-order valence-corrected chi connectivity index (χ0v) is 14.8. The van der Waals surface area contributed by atoms with Gasteiger partial charge in [0.2, 0.25) is 0 Å². The van der Waals surface area contributed by atoms with Gasteiger partial charge >= 0.3 is 0 Å². The normalized spacial score (nSPS) is 11.2. The Kier molecular flexibility index (Phi) is 5.13. The van der Waals surface area contributed by atoms with Crippen molar-refractivity contribution >= 4 is 21.7 Å². The number of anilines is 2. The number of halogens is 1. The van der Waals surface area contributed by atoms with Crippen LogP contribution in [0.15, 0.2) is 65.6 Å². The first kappa shape index (κ1) is 17.8. The number of rotatable bonds is 6. The Morgan fingerprint density at radius 3 is 2.12 bits per heavy atom. The van der Waals surface area contributed by atoms with Gasteiger partial charge in [-0.2, -0.15) is 0 Å². The summed E-state index contributed by atoms with van der Waals surface area (Å²) in [5, 5.41) is 10.8. The van der Waals surface area contributed by atoms with Crippen LogP contribution in [0.1, 0.15) is 11.1 Å². The van der Waals surface area contributed by atoms with Crippen LogP contribution in [0.2, 0.25) is 0 Å². The molecule has 1 aromatic heterocycles. The zero-order chi connectivity index (χ0) is 18.6. The molecule has 134 valence electrons. The summed E-state index contributed by atoms with van der Waals surface area (Å²) in [6, 6.07) is 15.7. The number of nitrogens with one attached hydrogen (secondary N) is 2. The molecule has 0 unspecified atom stereocenters. The average Bonchev–Trinajstić information content (AvgIpc) is 2.62. The molecule has 0 aliphatic heterocycles. The molecular formula is C18H17FN4O2S. The van der Waals surface area contributed by atoms with Gasteiger partial charge in [0.15, 0.2) is 5.82 Å². The number of nitrogens with zero attached hydrogens (tertiary/aromatic N) is 2. The van der Waals surface area contributed by atoms with Gasteiger partial charge in [-0.25, -0.2) is 12.8 Å². The van der Waals surface area contributed by atoms with Crippen molar-refractivity contribution in [1.82, 2.24) is 10.2 Å². The molecule has 0 aliphatic carbocycles. The fourth-order valence-corrected chi connectivity index (χ4v) is 3.19. The molecule has 3 aromatic rings. The summed E-state index contributed by atoms with van der Waals surface area (Å²) in [5.74, 6) is 0.310. The van der Waals surface area contributed by atoms with E-state index in [2.05, 4.69) is 20.2 Å². The highest BCUT2D eigenvalue weighted by atomic mass is 32.2. The van der Waals surface area contributed by atoms with E-state index in [0.717, 1.165) is 11.1 Å². The van der Waals surface area contributed by atoms with E-state index in [4.69, 9.17) is 0 Å². The predicted molar refractivity (Wildman–Crippen MR) is 97.7 cm³/mol. The van der Waals surface area contributed by atoms with Gasteiger partial charge in [-0.3, -0.25) is 4.72 Å². The minimum atomic E-state index is -3.71. The van der Waals surface area contributed by atoms with Crippen LogP contribution in [0.4, 0.5) is 16.0 Å². The molecule has 0 aliphatic rings. The summed E-state index contributed by atoms with van der Waals surface area (Å²) < 4.78 is 39.9. The van der Waals surface area contributed by atoms with Gasteiger partial charge in [-0.15, -0.1) is 10.2 Å². The molecule has 0 radical (unpaired) electrons. The van der Waals surface area contributed by atoms with Crippen molar-refractivity contribution in [1.29, 1.82) is 0 Å². The quantitative estimate of drug-likeness (QED) is 0.693. The van der Waals surface area contributed by atoms with Crippen molar-refractivity contribution in [3.8, 4) is 0 Å². The summed E-state index contributed by atoms with van der Waals surface area (Å²) in [4.78, 5) is 0.156. The van der Waals surface area contributed by atoms with Crippen molar-refractivity contribution < 1.29 is 12.8 Å². The standard InChI is InChI=1S/C18H17FN4O2S/c1-13-2-8-16(9-3-13)26(24,25)23-18-11-10-17(21-22-18)20-12-14-4-6-15(19)7-5-14/h2-11H,12H2,1H3,(H,20,21)(H,22,23). The molecule has 0 bridgehead atoms. The minimum absolute atomic E-state index is 0.123. The van der Waals surface area contributed by atoms with Gasteiger partial charge in [-0.1, -0.05) is 29.8 Å². The Labute approximate surface area is 151 Å². The fourth-order valence-electron chi connectivity index (χ4n) is 2.19. The molecular weight excluding hydrogens is 355 g/mol. The number of sulfonamides is 1. The van der Waals surface area contributed by atoms with Crippen LogP contribution >= 0.6 is 0 Å². The molecule has 1 heterocycles. The Balaban J connectivity index is 1.63. The lowest BCUT2D eigenvalue weighted by atomic mass is 10.2. The Morgan fingerprint density at radius 1 is 0.885 bits per heavy atom. The first-order chi connectivity index (χ1) is 12.4. The predicted octanol–water partition coefficient (Wildman–Crippen LogP) is 3.34. The molecule has 0 saturated carbocycles. The van der Waals surface area contributed by atoms with E-state index in [-0.39, 0.29) is 16.5 Å². The van der Waals surface area contributed by atoms with E-state index in [0.29, 0.717) is 12.4 Å². The van der Waals surface area contributed by atoms with Crippen molar-refractivity contribution in [2.75, 3.05) is 10.0 Å². The highest BCUT2D eigenvalue weighted by Crippen LogP contribution is 2.15. The van der Waals surface area contributed by atoms with Crippen LogP contribution in [0.3, 0.4) is 0 Å². The van der Waals surface area contributed by atoms with E-state index in [1.54, 1.807) is 30.3 Å². The highest BCUT2D eigenvalue weighted by Gasteiger charge is 2.14. The first-order valence-electron chi connectivity index (χ1n) is 7.84. The van der Waals surface area contributed by atoms with Gasteiger partial charge in [0.05, 0.1) is 4.90 Å². The number of aryl methyl sites for hydroxylation is 1. The summed E-state index contributed by atoms with van der Waals surface area (Å²) >= 11 is 0. The number of aromatic nitrogens is 2. The smallest absolute Gasteiger partial charge is 0.263 e. The van der Waals surface area contributed by atoms with Crippen molar-refractivity contribution in [2.45, 2.75) is 18.4 Å². The largest absolute Gasteiger partial charge is 0.365 e. The van der Waals surface area contributed by atoms with Crippen LogP contribution in [-0.4, -0.2) is 18.6 Å². The highest BCUT2D eigenvalue weighted by molar-refractivity contribution is 7.92. The number of hydrogen-bond donors (Lipinski definition) is 2. The molecule has 0 saturated heterocycles. The Hall–Kier alpha value is -3.00. The molecule has 0 fully saturated rings. The lowest BCUT2D eigenvalue weighted by Gasteiger charge is -2.08. The Morgan fingerprint density at radius 2 is 1.50 bits per heavy atom. The van der Waals surface area contributed by atoms with Gasteiger partial charge in [-0.05, 0) is 48.9 Å². The molecule has 3 rings (SSSR count). The maximum Gasteiger partial charge on any atom is 0.263 e. The molecule has 0 amide bonds. The third-order valence-corrected chi connectivity index (χ3v) is 4.99. The molecule has 0 spiro atoms. The molecule has 26 heavy (non-hydrogen) atoms. The van der Waals surface area contributed by atoms with Crippen molar-refractivity contribution in [2.24, 2.45) is 0 Å². The second-order valence-electron chi connectivity index (χ2n) is 5.70. The number of benzene rings is 2. The lowest BCUT2D eigenvalue weighted by molar-refractivity contribution is 0.601. The second-order valence-corrected chi connectivity index (χ2v) is 7.38.